The van der Waals surface area contributed by atoms with Crippen LogP contribution in [0, 0.1) is 0 Å². The predicted octanol–water partition coefficient (Wildman–Crippen LogP) is 1.67. The molecule has 0 fully saturated rings. The summed E-state index contributed by atoms with van der Waals surface area (Å²) in [6.07, 6.45) is 3.45. The molecule has 0 aliphatic rings. The van der Waals surface area contributed by atoms with Gasteiger partial charge in [-0.3, -0.25) is 0 Å². The highest BCUT2D eigenvalue weighted by Gasteiger charge is 2.08. The molecule has 1 aromatic heterocycles. The number of nitrogens with zero attached hydrogens (tertiary/aromatic N) is 3. The largest absolute Gasteiger partial charge is 0.375 e. The van der Waals surface area contributed by atoms with Gasteiger partial charge in [-0.2, -0.15) is 0 Å². The zero-order valence-electron chi connectivity index (χ0n) is 8.07. The summed E-state index contributed by atoms with van der Waals surface area (Å²) in [5.41, 5.74) is 2.21. The molecule has 1 rings (SSSR count). The molecule has 0 N–H and O–H groups in total. The van der Waals surface area contributed by atoms with E-state index in [1.54, 1.807) is 6.33 Å². The van der Waals surface area contributed by atoms with E-state index in [1.165, 1.54) is 0 Å². The van der Waals surface area contributed by atoms with E-state index >= 15 is 0 Å². The van der Waals surface area contributed by atoms with Crippen molar-refractivity contribution in [3.8, 4) is 0 Å². The average molecular weight is 165 g/mol. The standard InChI is InChI=1S/C9H15N3/c1-7(2)9-8(12(3)4)5-10-6-11-9/h5-7H,1-4H3. The van der Waals surface area contributed by atoms with Crippen LogP contribution in [0.25, 0.3) is 0 Å². The molecule has 0 unspecified atom stereocenters. The highest BCUT2D eigenvalue weighted by molar-refractivity contribution is 5.48. The minimum absolute atomic E-state index is 0.449. The summed E-state index contributed by atoms with van der Waals surface area (Å²) >= 11 is 0. The van der Waals surface area contributed by atoms with E-state index in [0.717, 1.165) is 11.4 Å². The molecule has 0 saturated heterocycles. The minimum atomic E-state index is 0.449. The van der Waals surface area contributed by atoms with Gasteiger partial charge in [0, 0.05) is 14.1 Å². The fourth-order valence-electron chi connectivity index (χ4n) is 1.12. The van der Waals surface area contributed by atoms with Crippen molar-refractivity contribution in [3.05, 3.63) is 18.2 Å². The summed E-state index contributed by atoms with van der Waals surface area (Å²) in [5, 5.41) is 0. The molecule has 0 saturated carbocycles. The Morgan fingerprint density at radius 1 is 1.33 bits per heavy atom. The van der Waals surface area contributed by atoms with Gasteiger partial charge in [0.25, 0.3) is 0 Å². The van der Waals surface area contributed by atoms with Gasteiger partial charge >= 0.3 is 0 Å². The van der Waals surface area contributed by atoms with Crippen LogP contribution < -0.4 is 4.90 Å². The van der Waals surface area contributed by atoms with Crippen LogP contribution in [0.4, 0.5) is 5.69 Å². The van der Waals surface area contributed by atoms with Gasteiger partial charge in [-0.1, -0.05) is 13.8 Å². The Bertz CT molecular complexity index is 229. The second-order valence-electron chi connectivity index (χ2n) is 3.34. The van der Waals surface area contributed by atoms with Gasteiger partial charge in [0.15, 0.2) is 0 Å². The van der Waals surface area contributed by atoms with Crippen LogP contribution in [-0.4, -0.2) is 24.1 Å². The second-order valence-corrected chi connectivity index (χ2v) is 3.34. The summed E-state index contributed by atoms with van der Waals surface area (Å²) in [4.78, 5) is 10.3. The van der Waals surface area contributed by atoms with E-state index in [2.05, 4.69) is 23.8 Å². The number of rotatable bonds is 2. The number of anilines is 1. The highest BCUT2D eigenvalue weighted by atomic mass is 15.1. The predicted molar refractivity (Wildman–Crippen MR) is 50.4 cm³/mol. The molecule has 3 nitrogen and oxygen atoms in total. The fourth-order valence-corrected chi connectivity index (χ4v) is 1.12. The van der Waals surface area contributed by atoms with Crippen LogP contribution in [0.3, 0.4) is 0 Å². The first-order valence-electron chi connectivity index (χ1n) is 4.10. The molecule has 0 atom stereocenters. The number of aromatic nitrogens is 2. The highest BCUT2D eigenvalue weighted by Crippen LogP contribution is 2.21. The Hall–Kier alpha value is -1.12. The molecule has 3 heteroatoms. The van der Waals surface area contributed by atoms with Crippen molar-refractivity contribution < 1.29 is 0 Å². The third-order valence-electron chi connectivity index (χ3n) is 1.75. The van der Waals surface area contributed by atoms with Gasteiger partial charge in [-0.05, 0) is 5.92 Å². The van der Waals surface area contributed by atoms with Crippen LogP contribution in [-0.2, 0) is 0 Å². The third-order valence-corrected chi connectivity index (χ3v) is 1.75. The van der Waals surface area contributed by atoms with Gasteiger partial charge in [0.05, 0.1) is 17.6 Å². The van der Waals surface area contributed by atoms with Gasteiger partial charge in [-0.15, -0.1) is 0 Å². The molecule has 66 valence electrons. The van der Waals surface area contributed by atoms with Crippen LogP contribution in [0.15, 0.2) is 12.5 Å². The van der Waals surface area contributed by atoms with Crippen LogP contribution in [0.2, 0.25) is 0 Å². The molecule has 0 aliphatic heterocycles. The molecule has 0 bridgehead atoms. The van der Waals surface area contributed by atoms with E-state index in [0.29, 0.717) is 5.92 Å². The maximum Gasteiger partial charge on any atom is 0.115 e. The van der Waals surface area contributed by atoms with Crippen LogP contribution >= 0.6 is 0 Å². The molecule has 0 amide bonds. The SMILES string of the molecule is CC(C)c1ncncc1N(C)C. The summed E-state index contributed by atoms with van der Waals surface area (Å²) < 4.78 is 0. The Morgan fingerprint density at radius 3 is 2.42 bits per heavy atom. The number of hydrogen-bond acceptors (Lipinski definition) is 3. The van der Waals surface area contributed by atoms with Crippen molar-refractivity contribution in [2.75, 3.05) is 19.0 Å². The smallest absolute Gasteiger partial charge is 0.115 e. The van der Waals surface area contributed by atoms with Crippen molar-refractivity contribution in [2.24, 2.45) is 0 Å². The van der Waals surface area contributed by atoms with Gasteiger partial charge in [-0.25, -0.2) is 9.97 Å². The lowest BCUT2D eigenvalue weighted by atomic mass is 10.1. The zero-order chi connectivity index (χ0) is 9.14. The summed E-state index contributed by atoms with van der Waals surface area (Å²) in [6, 6.07) is 0. The number of hydrogen-bond donors (Lipinski definition) is 0. The van der Waals surface area contributed by atoms with E-state index in [4.69, 9.17) is 0 Å². The summed E-state index contributed by atoms with van der Waals surface area (Å²) in [5.74, 6) is 0.449. The van der Waals surface area contributed by atoms with Gasteiger partial charge in [0.2, 0.25) is 0 Å². The van der Waals surface area contributed by atoms with E-state index in [-0.39, 0.29) is 0 Å². The molecular weight excluding hydrogens is 150 g/mol. The van der Waals surface area contributed by atoms with Crippen molar-refractivity contribution in [3.63, 3.8) is 0 Å². The summed E-state index contributed by atoms with van der Waals surface area (Å²) in [6.45, 7) is 4.27. The van der Waals surface area contributed by atoms with Crippen LogP contribution in [0.5, 0.6) is 0 Å². The van der Waals surface area contributed by atoms with Crippen LogP contribution in [0.1, 0.15) is 25.5 Å². The minimum Gasteiger partial charge on any atom is -0.375 e. The fraction of sp³-hybridized carbons (Fsp3) is 0.556. The molecule has 0 radical (unpaired) electrons. The second kappa shape index (κ2) is 3.52. The third kappa shape index (κ3) is 1.72. The van der Waals surface area contributed by atoms with Crippen molar-refractivity contribution in [1.29, 1.82) is 0 Å². The first kappa shape index (κ1) is 8.97. The lowest BCUT2D eigenvalue weighted by Gasteiger charge is -2.17. The first-order chi connectivity index (χ1) is 5.63. The Balaban J connectivity index is 3.09. The van der Waals surface area contributed by atoms with Crippen molar-refractivity contribution in [2.45, 2.75) is 19.8 Å². The topological polar surface area (TPSA) is 29.0 Å². The van der Waals surface area contributed by atoms with Gasteiger partial charge < -0.3 is 4.90 Å². The Morgan fingerprint density at radius 2 is 2.00 bits per heavy atom. The van der Waals surface area contributed by atoms with Crippen molar-refractivity contribution in [1.82, 2.24) is 9.97 Å². The van der Waals surface area contributed by atoms with E-state index < -0.39 is 0 Å². The maximum atomic E-state index is 4.25. The molecule has 0 aromatic carbocycles. The zero-order valence-corrected chi connectivity index (χ0v) is 8.07. The van der Waals surface area contributed by atoms with Crippen molar-refractivity contribution >= 4 is 5.69 Å². The lowest BCUT2D eigenvalue weighted by molar-refractivity contribution is 0.806. The Kier molecular flexibility index (Phi) is 2.63. The molecule has 12 heavy (non-hydrogen) atoms. The molecular formula is C9H15N3. The van der Waals surface area contributed by atoms with Gasteiger partial charge in [0.1, 0.15) is 6.33 Å². The summed E-state index contributed by atoms with van der Waals surface area (Å²) in [7, 11) is 4.01. The molecule has 1 heterocycles. The van der Waals surface area contributed by atoms with E-state index in [9.17, 15) is 0 Å². The molecule has 0 aliphatic carbocycles. The monoisotopic (exact) mass is 165 g/mol. The Labute approximate surface area is 73.5 Å². The normalized spacial score (nSPS) is 10.4. The molecule has 1 aromatic rings. The first-order valence-corrected chi connectivity index (χ1v) is 4.10. The maximum absolute atomic E-state index is 4.25. The average Bonchev–Trinajstić information content (AvgIpc) is 2.04. The quantitative estimate of drug-likeness (QED) is 0.667. The molecule has 0 spiro atoms. The lowest BCUT2D eigenvalue weighted by Crippen LogP contribution is -2.13. The van der Waals surface area contributed by atoms with E-state index in [1.807, 2.05) is 25.2 Å².